The van der Waals surface area contributed by atoms with Crippen LogP contribution in [0.5, 0.6) is 0 Å². The minimum atomic E-state index is -0.949. The van der Waals surface area contributed by atoms with Crippen molar-refractivity contribution >= 4 is 23.6 Å². The lowest BCUT2D eigenvalue weighted by Crippen LogP contribution is -2.42. The van der Waals surface area contributed by atoms with Gasteiger partial charge in [-0.3, -0.25) is 4.79 Å². The lowest BCUT2D eigenvalue weighted by Gasteiger charge is -2.32. The monoisotopic (exact) mass is 273 g/mol. The molecule has 1 fully saturated rings. The first kappa shape index (κ1) is 15.3. The van der Waals surface area contributed by atoms with E-state index in [0.717, 1.165) is 18.8 Å². The third kappa shape index (κ3) is 4.88. The molecular formula is C13H23NO3S. The molecule has 0 bridgehead atoms. The molecule has 1 saturated carbocycles. The number of aliphatic carboxylic acids is 1. The predicted molar refractivity (Wildman–Crippen MR) is 73.7 cm³/mol. The summed E-state index contributed by atoms with van der Waals surface area (Å²) in [5.41, 5.74) is 0. The highest BCUT2D eigenvalue weighted by Crippen LogP contribution is 2.35. The van der Waals surface area contributed by atoms with Crippen LogP contribution in [0.4, 0.5) is 0 Å². The number of hydrogen-bond donors (Lipinski definition) is 2. The number of nitrogens with one attached hydrogen (secondary N) is 1. The number of hydrogen-bond acceptors (Lipinski definition) is 3. The Morgan fingerprint density at radius 3 is 2.50 bits per heavy atom. The number of carboxylic acid groups (broad SMARTS) is 1. The first-order valence-electron chi connectivity index (χ1n) is 6.51. The number of rotatable bonds is 5. The summed E-state index contributed by atoms with van der Waals surface area (Å²) in [6.07, 6.45) is 3.53. The molecule has 0 aromatic rings. The third-order valence-electron chi connectivity index (χ3n) is 3.72. The molecule has 0 aliphatic heterocycles. The Balaban J connectivity index is 2.38. The zero-order chi connectivity index (χ0) is 13.7. The Morgan fingerprint density at radius 1 is 1.33 bits per heavy atom. The Kier molecular flexibility index (Phi) is 5.99. The lowest BCUT2D eigenvalue weighted by atomic mass is 9.81. The van der Waals surface area contributed by atoms with Crippen LogP contribution in [0.2, 0.25) is 0 Å². The molecule has 0 aromatic heterocycles. The van der Waals surface area contributed by atoms with Gasteiger partial charge in [0.1, 0.15) is 6.04 Å². The number of carbonyl (C=O) groups is 2. The van der Waals surface area contributed by atoms with E-state index in [0.29, 0.717) is 16.9 Å². The van der Waals surface area contributed by atoms with Gasteiger partial charge in [0.2, 0.25) is 5.91 Å². The van der Waals surface area contributed by atoms with Crippen LogP contribution in [0, 0.1) is 11.8 Å². The van der Waals surface area contributed by atoms with E-state index in [-0.39, 0.29) is 5.91 Å². The van der Waals surface area contributed by atoms with E-state index in [2.05, 4.69) is 19.2 Å². The van der Waals surface area contributed by atoms with Gasteiger partial charge in [0, 0.05) is 17.9 Å². The highest BCUT2D eigenvalue weighted by molar-refractivity contribution is 7.99. The summed E-state index contributed by atoms with van der Waals surface area (Å²) >= 11 is 1.69. The van der Waals surface area contributed by atoms with Crippen molar-refractivity contribution in [3.63, 3.8) is 0 Å². The van der Waals surface area contributed by atoms with E-state index in [9.17, 15) is 9.59 Å². The maximum Gasteiger partial charge on any atom is 0.327 e. The quantitative estimate of drug-likeness (QED) is 0.805. The second kappa shape index (κ2) is 7.02. The maximum absolute atomic E-state index is 11.0. The van der Waals surface area contributed by atoms with Crippen molar-refractivity contribution in [1.29, 1.82) is 0 Å². The normalized spacial score (nSPS) is 29.6. The van der Waals surface area contributed by atoms with E-state index in [1.807, 2.05) is 0 Å². The fraction of sp³-hybridized carbons (Fsp3) is 0.846. The van der Waals surface area contributed by atoms with Gasteiger partial charge in [-0.1, -0.05) is 13.8 Å². The molecule has 18 heavy (non-hydrogen) atoms. The lowest BCUT2D eigenvalue weighted by molar-refractivity contribution is -0.140. The van der Waals surface area contributed by atoms with Gasteiger partial charge in [0.25, 0.3) is 0 Å². The molecule has 2 N–H and O–H groups in total. The van der Waals surface area contributed by atoms with Crippen molar-refractivity contribution in [2.24, 2.45) is 11.8 Å². The van der Waals surface area contributed by atoms with Crippen LogP contribution in [0.15, 0.2) is 0 Å². The van der Waals surface area contributed by atoms with Gasteiger partial charge in [0.15, 0.2) is 0 Å². The second-order valence-corrected chi connectivity index (χ2v) is 6.65. The fourth-order valence-electron chi connectivity index (χ4n) is 2.30. The fourth-order valence-corrected chi connectivity index (χ4v) is 3.73. The van der Waals surface area contributed by atoms with Gasteiger partial charge >= 0.3 is 5.97 Å². The molecule has 4 unspecified atom stereocenters. The first-order valence-corrected chi connectivity index (χ1v) is 7.56. The molecule has 1 amide bonds. The Hall–Kier alpha value is -0.710. The van der Waals surface area contributed by atoms with Crippen molar-refractivity contribution in [3.8, 4) is 0 Å². The van der Waals surface area contributed by atoms with Crippen LogP contribution in [0.25, 0.3) is 0 Å². The minimum Gasteiger partial charge on any atom is -0.480 e. The molecule has 1 aliphatic rings. The molecule has 4 atom stereocenters. The summed E-state index contributed by atoms with van der Waals surface area (Å²) in [5, 5.41) is 12.0. The first-order chi connectivity index (χ1) is 8.40. The Morgan fingerprint density at radius 2 is 2.00 bits per heavy atom. The molecule has 0 aromatic carbocycles. The highest BCUT2D eigenvalue weighted by Gasteiger charge is 2.27. The van der Waals surface area contributed by atoms with Gasteiger partial charge in [-0.2, -0.15) is 11.8 Å². The van der Waals surface area contributed by atoms with E-state index in [4.69, 9.17) is 5.11 Å². The van der Waals surface area contributed by atoms with Crippen LogP contribution >= 0.6 is 11.8 Å². The second-order valence-electron chi connectivity index (χ2n) is 5.31. The molecular weight excluding hydrogens is 250 g/mol. The summed E-state index contributed by atoms with van der Waals surface area (Å²) in [5.74, 6) is 0.706. The van der Waals surface area contributed by atoms with E-state index < -0.39 is 12.0 Å². The van der Waals surface area contributed by atoms with Crippen LogP contribution in [0.1, 0.15) is 40.0 Å². The van der Waals surface area contributed by atoms with Crippen LogP contribution in [0.3, 0.4) is 0 Å². The van der Waals surface area contributed by atoms with Crippen LogP contribution in [-0.4, -0.2) is 34.0 Å². The zero-order valence-electron chi connectivity index (χ0n) is 11.3. The van der Waals surface area contributed by atoms with Crippen LogP contribution in [-0.2, 0) is 9.59 Å². The van der Waals surface area contributed by atoms with Crippen molar-refractivity contribution < 1.29 is 14.7 Å². The number of thioether (sulfide) groups is 1. The molecule has 0 spiro atoms. The number of carboxylic acids is 1. The van der Waals surface area contributed by atoms with Crippen molar-refractivity contribution in [2.45, 2.75) is 51.3 Å². The molecule has 5 heteroatoms. The summed E-state index contributed by atoms with van der Waals surface area (Å²) in [4.78, 5) is 21.9. The molecule has 1 rings (SSSR count). The van der Waals surface area contributed by atoms with Crippen molar-refractivity contribution in [1.82, 2.24) is 5.32 Å². The molecule has 0 heterocycles. The third-order valence-corrected chi connectivity index (χ3v) is 5.15. The van der Waals surface area contributed by atoms with E-state index in [1.54, 1.807) is 11.8 Å². The standard InChI is InChI=1S/C13H23NO3S/c1-8-4-5-11(6-9(8)2)18-7-12(13(16)17)14-10(3)15/h8-9,11-12H,4-7H2,1-3H3,(H,14,15)(H,16,17). The van der Waals surface area contributed by atoms with E-state index >= 15 is 0 Å². The van der Waals surface area contributed by atoms with Crippen molar-refractivity contribution in [3.05, 3.63) is 0 Å². The Bertz CT molecular complexity index is 309. The summed E-state index contributed by atoms with van der Waals surface area (Å²) in [6, 6.07) is -0.762. The number of carbonyl (C=O) groups excluding carboxylic acids is 1. The molecule has 0 saturated heterocycles. The largest absolute Gasteiger partial charge is 0.480 e. The highest BCUT2D eigenvalue weighted by atomic mass is 32.2. The molecule has 1 aliphatic carbocycles. The topological polar surface area (TPSA) is 66.4 Å². The van der Waals surface area contributed by atoms with Gasteiger partial charge in [-0.25, -0.2) is 4.79 Å². The van der Waals surface area contributed by atoms with Crippen molar-refractivity contribution in [2.75, 3.05) is 5.75 Å². The molecule has 0 radical (unpaired) electrons. The zero-order valence-corrected chi connectivity index (χ0v) is 12.1. The maximum atomic E-state index is 11.0. The van der Waals surface area contributed by atoms with Gasteiger partial charge < -0.3 is 10.4 Å². The van der Waals surface area contributed by atoms with Gasteiger partial charge in [-0.05, 0) is 31.1 Å². The van der Waals surface area contributed by atoms with E-state index in [1.165, 1.54) is 13.3 Å². The van der Waals surface area contributed by atoms with Gasteiger partial charge in [0.05, 0.1) is 0 Å². The summed E-state index contributed by atoms with van der Waals surface area (Å²) in [6.45, 7) is 5.90. The average molecular weight is 273 g/mol. The SMILES string of the molecule is CC(=O)NC(CSC1CCC(C)C(C)C1)C(=O)O. The van der Waals surface area contributed by atoms with Gasteiger partial charge in [-0.15, -0.1) is 0 Å². The Labute approximate surface area is 113 Å². The molecule has 4 nitrogen and oxygen atoms in total. The smallest absolute Gasteiger partial charge is 0.327 e. The summed E-state index contributed by atoms with van der Waals surface area (Å²) < 4.78 is 0. The predicted octanol–water partition coefficient (Wildman–Crippen LogP) is 2.13. The minimum absolute atomic E-state index is 0.284. The van der Waals surface area contributed by atoms with Crippen LogP contribution < -0.4 is 5.32 Å². The average Bonchev–Trinajstić information content (AvgIpc) is 2.28. The summed E-state index contributed by atoms with van der Waals surface area (Å²) in [7, 11) is 0. The molecule has 104 valence electrons. The number of amides is 1.